The molecule has 0 saturated carbocycles. The van der Waals surface area contributed by atoms with E-state index in [1.807, 2.05) is 0 Å². The van der Waals surface area contributed by atoms with Crippen molar-refractivity contribution in [1.82, 2.24) is 24.4 Å². The number of amides is 1. The summed E-state index contributed by atoms with van der Waals surface area (Å²) in [4.78, 5) is 28.3. The third kappa shape index (κ3) is 4.39. The average molecular weight is 414 g/mol. The van der Waals surface area contributed by atoms with Gasteiger partial charge in [0.1, 0.15) is 22.9 Å². The number of hydrogen-bond acceptors (Lipinski definition) is 6. The highest BCUT2D eigenvalue weighted by Gasteiger charge is 2.29. The summed E-state index contributed by atoms with van der Waals surface area (Å²) in [5.74, 6) is 1.46. The number of carbonyl (C=O) groups excluding carboxylic acids is 1. The van der Waals surface area contributed by atoms with Crippen LogP contribution >= 0.6 is 0 Å². The van der Waals surface area contributed by atoms with Gasteiger partial charge in [0.15, 0.2) is 0 Å². The van der Waals surface area contributed by atoms with Gasteiger partial charge in [-0.15, -0.1) is 0 Å². The molecule has 30 heavy (non-hydrogen) atoms. The second-order valence-corrected chi connectivity index (χ2v) is 9.30. The number of likely N-dealkylation sites (N-methyl/N-ethyl adjacent to an activating group) is 1. The quantitative estimate of drug-likeness (QED) is 0.749. The Morgan fingerprint density at radius 1 is 1.13 bits per heavy atom. The molecular weight excluding hydrogens is 382 g/mol. The minimum absolute atomic E-state index is 0.102. The van der Waals surface area contributed by atoms with Gasteiger partial charge in [-0.3, -0.25) is 9.78 Å². The molecule has 0 unspecified atom stereocenters. The van der Waals surface area contributed by atoms with Crippen molar-refractivity contribution < 1.29 is 14.3 Å². The lowest BCUT2D eigenvalue weighted by molar-refractivity contribution is -0.0469. The molecule has 2 aliphatic heterocycles. The fraction of sp³-hybridized carbons (Fsp3) is 0.636. The van der Waals surface area contributed by atoms with Crippen molar-refractivity contribution in [2.75, 3.05) is 33.5 Å². The van der Waals surface area contributed by atoms with E-state index in [4.69, 9.17) is 14.5 Å². The molecule has 2 aromatic heterocycles. The normalized spacial score (nSPS) is 18.3. The Labute approximate surface area is 177 Å². The monoisotopic (exact) mass is 413 g/mol. The maximum Gasteiger partial charge on any atom is 0.274 e. The minimum atomic E-state index is -0.143. The molecule has 0 spiro atoms. The van der Waals surface area contributed by atoms with Gasteiger partial charge in [-0.25, -0.2) is 9.97 Å². The first-order valence-corrected chi connectivity index (χ1v) is 10.7. The fourth-order valence-electron chi connectivity index (χ4n) is 3.87. The zero-order chi connectivity index (χ0) is 21.3. The molecule has 0 N–H and O–H groups in total. The minimum Gasteiger partial charge on any atom is -0.381 e. The predicted octanol–water partition coefficient (Wildman–Crippen LogP) is 2.54. The molecule has 0 bridgehead atoms. The Bertz CT molecular complexity index is 894. The number of ether oxygens (including phenoxy) is 2. The molecule has 2 aromatic rings. The number of rotatable bonds is 5. The van der Waals surface area contributed by atoms with Gasteiger partial charge in [0.25, 0.3) is 5.91 Å². The van der Waals surface area contributed by atoms with Gasteiger partial charge in [0, 0.05) is 38.4 Å². The summed E-state index contributed by atoms with van der Waals surface area (Å²) in [6, 6.07) is 0.106. The summed E-state index contributed by atoms with van der Waals surface area (Å²) < 4.78 is 13.0. The van der Waals surface area contributed by atoms with Gasteiger partial charge in [0.2, 0.25) is 0 Å². The number of carbonyl (C=O) groups is 1. The lowest BCUT2D eigenvalue weighted by Crippen LogP contribution is -2.49. The second kappa shape index (κ2) is 8.43. The first-order chi connectivity index (χ1) is 14.3. The van der Waals surface area contributed by atoms with Gasteiger partial charge in [-0.05, 0) is 18.8 Å². The lowest BCUT2D eigenvalue weighted by atomic mass is 9.94. The van der Waals surface area contributed by atoms with E-state index in [0.717, 1.165) is 44.1 Å². The van der Waals surface area contributed by atoms with E-state index in [1.54, 1.807) is 18.1 Å². The number of hydrogen-bond donors (Lipinski definition) is 0. The lowest BCUT2D eigenvalue weighted by Gasteiger charge is -2.34. The largest absolute Gasteiger partial charge is 0.381 e. The predicted molar refractivity (Wildman–Crippen MR) is 112 cm³/mol. The van der Waals surface area contributed by atoms with E-state index in [2.05, 4.69) is 41.5 Å². The van der Waals surface area contributed by atoms with Crippen LogP contribution in [0.4, 0.5) is 0 Å². The molecule has 0 aromatic carbocycles. The second-order valence-electron chi connectivity index (χ2n) is 9.30. The zero-order valence-corrected chi connectivity index (χ0v) is 18.3. The highest BCUT2D eigenvalue weighted by molar-refractivity contribution is 5.92. The molecule has 2 saturated heterocycles. The van der Waals surface area contributed by atoms with Crippen LogP contribution < -0.4 is 0 Å². The number of aromatic nitrogens is 4. The summed E-state index contributed by atoms with van der Waals surface area (Å²) in [6.07, 6.45) is 7.39. The van der Waals surface area contributed by atoms with Gasteiger partial charge >= 0.3 is 0 Å². The molecule has 4 rings (SSSR count). The van der Waals surface area contributed by atoms with Crippen molar-refractivity contribution in [2.45, 2.75) is 51.6 Å². The van der Waals surface area contributed by atoms with E-state index in [1.165, 1.54) is 6.20 Å². The molecule has 1 amide bonds. The van der Waals surface area contributed by atoms with Crippen molar-refractivity contribution in [3.63, 3.8) is 0 Å². The SMILES string of the molecule is CN(C(=O)c1cncc(-c2cn(CC3CCOCC3)c(C(C)(C)C)n2)n1)C1COC1. The summed E-state index contributed by atoms with van der Waals surface area (Å²) >= 11 is 0. The number of nitrogens with zero attached hydrogens (tertiary/aromatic N) is 5. The Hall–Kier alpha value is -2.32. The maximum absolute atomic E-state index is 12.8. The van der Waals surface area contributed by atoms with Crippen LogP contribution in [0.25, 0.3) is 11.4 Å². The van der Waals surface area contributed by atoms with Crippen LogP contribution in [0.5, 0.6) is 0 Å². The number of imidazole rings is 1. The molecule has 162 valence electrons. The Balaban J connectivity index is 1.61. The molecule has 2 aliphatic rings. The third-order valence-electron chi connectivity index (χ3n) is 5.85. The van der Waals surface area contributed by atoms with Crippen molar-refractivity contribution in [2.24, 2.45) is 5.92 Å². The van der Waals surface area contributed by atoms with E-state index in [9.17, 15) is 4.79 Å². The van der Waals surface area contributed by atoms with E-state index < -0.39 is 0 Å². The van der Waals surface area contributed by atoms with Crippen LogP contribution in [-0.2, 0) is 21.4 Å². The Kier molecular flexibility index (Phi) is 5.88. The first-order valence-electron chi connectivity index (χ1n) is 10.7. The summed E-state index contributed by atoms with van der Waals surface area (Å²) in [5, 5.41) is 0. The van der Waals surface area contributed by atoms with Crippen molar-refractivity contribution in [3.8, 4) is 11.4 Å². The third-order valence-corrected chi connectivity index (χ3v) is 5.85. The van der Waals surface area contributed by atoms with Crippen molar-refractivity contribution in [1.29, 1.82) is 0 Å². The molecular formula is C22H31N5O3. The van der Waals surface area contributed by atoms with E-state index in [0.29, 0.717) is 30.5 Å². The topological polar surface area (TPSA) is 82.4 Å². The summed E-state index contributed by atoms with van der Waals surface area (Å²) in [6.45, 7) is 10.2. The van der Waals surface area contributed by atoms with Crippen LogP contribution in [0.3, 0.4) is 0 Å². The van der Waals surface area contributed by atoms with Crippen LogP contribution in [0.2, 0.25) is 0 Å². The van der Waals surface area contributed by atoms with Crippen LogP contribution in [0, 0.1) is 5.92 Å². The maximum atomic E-state index is 12.8. The van der Waals surface area contributed by atoms with Crippen LogP contribution in [-0.4, -0.2) is 69.8 Å². The Morgan fingerprint density at radius 3 is 2.50 bits per heavy atom. The van der Waals surface area contributed by atoms with Crippen molar-refractivity contribution in [3.05, 3.63) is 30.1 Å². The van der Waals surface area contributed by atoms with E-state index >= 15 is 0 Å². The highest BCUT2D eigenvalue weighted by atomic mass is 16.5. The van der Waals surface area contributed by atoms with Crippen LogP contribution in [0.1, 0.15) is 49.9 Å². The van der Waals surface area contributed by atoms with E-state index in [-0.39, 0.29) is 17.4 Å². The molecule has 4 heterocycles. The van der Waals surface area contributed by atoms with Gasteiger partial charge < -0.3 is 18.9 Å². The fourth-order valence-corrected chi connectivity index (χ4v) is 3.87. The molecule has 2 fully saturated rings. The Morgan fingerprint density at radius 2 is 1.87 bits per heavy atom. The smallest absolute Gasteiger partial charge is 0.274 e. The molecule has 8 heteroatoms. The summed E-state index contributed by atoms with van der Waals surface area (Å²) in [5.41, 5.74) is 1.60. The molecule has 0 aliphatic carbocycles. The molecule has 0 atom stereocenters. The van der Waals surface area contributed by atoms with Crippen LogP contribution in [0.15, 0.2) is 18.6 Å². The van der Waals surface area contributed by atoms with Gasteiger partial charge in [-0.2, -0.15) is 0 Å². The molecule has 8 nitrogen and oxygen atoms in total. The highest BCUT2D eigenvalue weighted by Crippen LogP contribution is 2.28. The van der Waals surface area contributed by atoms with Crippen molar-refractivity contribution >= 4 is 5.91 Å². The standard InChI is InChI=1S/C22H31N5O3/c1-22(2,3)21-25-19(12-27(21)11-15-5-7-29-8-6-15)17-9-23-10-18(24-17)20(28)26(4)16-13-30-14-16/h9-10,12,15-16H,5-8,11,13-14H2,1-4H3. The molecule has 0 radical (unpaired) electrons. The summed E-state index contributed by atoms with van der Waals surface area (Å²) in [7, 11) is 1.78. The van der Waals surface area contributed by atoms with Gasteiger partial charge in [-0.1, -0.05) is 20.8 Å². The average Bonchev–Trinajstić information content (AvgIpc) is 3.11. The van der Waals surface area contributed by atoms with Gasteiger partial charge in [0.05, 0.1) is 31.6 Å². The zero-order valence-electron chi connectivity index (χ0n) is 18.3. The first kappa shape index (κ1) is 20.9.